The summed E-state index contributed by atoms with van der Waals surface area (Å²) in [5.74, 6) is 0. The molecule has 10 aromatic rings. The van der Waals surface area contributed by atoms with Crippen molar-refractivity contribution in [2.45, 2.75) is 12.5 Å². The summed E-state index contributed by atoms with van der Waals surface area (Å²) in [6, 6.07) is 69.6. The quantitative estimate of drug-likeness (QED) is 0.141. The first-order valence-corrected chi connectivity index (χ1v) is 20.0. The van der Waals surface area contributed by atoms with Gasteiger partial charge in [0.15, 0.2) is 0 Å². The number of allylic oxidation sites excluding steroid dienone is 2. The summed E-state index contributed by atoms with van der Waals surface area (Å²) < 4.78 is 0. The van der Waals surface area contributed by atoms with Crippen LogP contribution in [-0.2, 0) is 0 Å². The molecule has 1 aliphatic carbocycles. The number of nitrogens with one attached hydrogen (secondary N) is 1. The van der Waals surface area contributed by atoms with Gasteiger partial charge < -0.3 is 5.32 Å². The van der Waals surface area contributed by atoms with Crippen molar-refractivity contribution < 1.29 is 0 Å². The summed E-state index contributed by atoms with van der Waals surface area (Å²) in [6.45, 7) is 0. The normalized spacial score (nSPS) is 14.8. The van der Waals surface area contributed by atoms with E-state index >= 15 is 0 Å². The Morgan fingerprint density at radius 3 is 1.54 bits per heavy atom. The van der Waals surface area contributed by atoms with Crippen LogP contribution < -0.4 is 5.32 Å². The molecule has 0 radical (unpaired) electrons. The summed E-state index contributed by atoms with van der Waals surface area (Å²) >= 11 is 0. The van der Waals surface area contributed by atoms with Crippen molar-refractivity contribution >= 4 is 70.7 Å². The highest BCUT2D eigenvalue weighted by atomic mass is 15.0. The largest absolute Gasteiger partial charge is 0.377 e. The third kappa shape index (κ3) is 4.95. The fourth-order valence-electron chi connectivity index (χ4n) is 9.95. The first kappa shape index (κ1) is 32.1. The van der Waals surface area contributed by atoms with E-state index in [0.717, 1.165) is 6.42 Å². The molecule has 0 saturated carbocycles. The van der Waals surface area contributed by atoms with E-state index < -0.39 is 0 Å². The number of hydrogen-bond donors (Lipinski definition) is 1. The van der Waals surface area contributed by atoms with Gasteiger partial charge in [0.25, 0.3) is 0 Å². The molecule has 266 valence electrons. The first-order valence-electron chi connectivity index (χ1n) is 20.0. The van der Waals surface area contributed by atoms with Gasteiger partial charge >= 0.3 is 0 Å². The van der Waals surface area contributed by atoms with Gasteiger partial charge in [-0.25, -0.2) is 0 Å². The SMILES string of the molecule is C1=C(c2cccc(-c3c4ccccc4c(-c4ccc(-c5cccc6ccccc56)cc4)c4ccccc34)c2)C=C2c3c(c4ccccc4c4ccccc34)NC2C1. The second kappa shape index (κ2) is 12.7. The molecule has 0 saturated heterocycles. The summed E-state index contributed by atoms with van der Waals surface area (Å²) in [5.41, 5.74) is 14.1. The monoisotopic (exact) mass is 723 g/mol. The maximum Gasteiger partial charge on any atom is 0.0556 e. The van der Waals surface area contributed by atoms with E-state index in [1.54, 1.807) is 0 Å². The predicted molar refractivity (Wildman–Crippen MR) is 245 cm³/mol. The summed E-state index contributed by atoms with van der Waals surface area (Å²) in [4.78, 5) is 0. The average Bonchev–Trinajstić information content (AvgIpc) is 3.68. The van der Waals surface area contributed by atoms with Crippen molar-refractivity contribution in [2.75, 3.05) is 5.32 Å². The fraction of sp³-hybridized carbons (Fsp3) is 0.0357. The zero-order chi connectivity index (χ0) is 37.5. The zero-order valence-electron chi connectivity index (χ0n) is 31.3. The molecule has 2 aliphatic rings. The Balaban J connectivity index is 0.985. The van der Waals surface area contributed by atoms with Gasteiger partial charge in [0.05, 0.1) is 11.7 Å². The molecule has 1 unspecified atom stereocenters. The molecule has 1 heterocycles. The Kier molecular flexibility index (Phi) is 7.12. The van der Waals surface area contributed by atoms with Gasteiger partial charge in [-0.15, -0.1) is 0 Å². The molecular weight excluding hydrogens is 687 g/mol. The number of anilines is 1. The fourth-order valence-corrected chi connectivity index (χ4v) is 9.95. The molecule has 10 aromatic carbocycles. The van der Waals surface area contributed by atoms with Crippen LogP contribution in [-0.4, -0.2) is 6.04 Å². The van der Waals surface area contributed by atoms with Crippen LogP contribution in [0.5, 0.6) is 0 Å². The topological polar surface area (TPSA) is 12.0 Å². The zero-order valence-corrected chi connectivity index (χ0v) is 31.3. The molecule has 1 nitrogen and oxygen atoms in total. The Hall–Kier alpha value is -7.22. The summed E-state index contributed by atoms with van der Waals surface area (Å²) in [5, 5.41) is 16.8. The Labute approximate surface area is 331 Å². The maximum absolute atomic E-state index is 3.95. The molecule has 12 rings (SSSR count). The minimum atomic E-state index is 0.266. The van der Waals surface area contributed by atoms with Crippen LogP contribution in [0.15, 0.2) is 200 Å². The van der Waals surface area contributed by atoms with Crippen LogP contribution in [0, 0.1) is 0 Å². The number of hydrogen-bond acceptors (Lipinski definition) is 1. The molecule has 1 atom stereocenters. The van der Waals surface area contributed by atoms with Crippen LogP contribution in [0.4, 0.5) is 5.69 Å². The van der Waals surface area contributed by atoms with Gasteiger partial charge in [-0.05, 0) is 117 Å². The number of fused-ring (bicyclic) bond motifs is 11. The van der Waals surface area contributed by atoms with E-state index in [4.69, 9.17) is 0 Å². The molecule has 0 fully saturated rings. The molecule has 1 N–H and O–H groups in total. The molecule has 0 bridgehead atoms. The lowest BCUT2D eigenvalue weighted by Gasteiger charge is -2.20. The molecule has 1 aliphatic heterocycles. The van der Waals surface area contributed by atoms with Gasteiger partial charge in [-0.1, -0.05) is 188 Å². The van der Waals surface area contributed by atoms with Gasteiger partial charge in [0.1, 0.15) is 0 Å². The minimum absolute atomic E-state index is 0.266. The smallest absolute Gasteiger partial charge is 0.0556 e. The Morgan fingerprint density at radius 2 is 0.860 bits per heavy atom. The van der Waals surface area contributed by atoms with Gasteiger partial charge in [0, 0.05) is 10.9 Å². The first-order chi connectivity index (χ1) is 28.3. The summed E-state index contributed by atoms with van der Waals surface area (Å²) in [6.07, 6.45) is 5.83. The lowest BCUT2D eigenvalue weighted by molar-refractivity contribution is 0.932. The van der Waals surface area contributed by atoms with Gasteiger partial charge in [0.2, 0.25) is 0 Å². The van der Waals surface area contributed by atoms with Crippen LogP contribution >= 0.6 is 0 Å². The van der Waals surface area contributed by atoms with E-state index in [-0.39, 0.29) is 6.04 Å². The number of rotatable bonds is 4. The molecule has 1 heteroatoms. The van der Waals surface area contributed by atoms with Crippen molar-refractivity contribution in [1.82, 2.24) is 0 Å². The van der Waals surface area contributed by atoms with Crippen LogP contribution in [0.25, 0.3) is 98.4 Å². The van der Waals surface area contributed by atoms with Crippen molar-refractivity contribution in [3.8, 4) is 33.4 Å². The van der Waals surface area contributed by atoms with Crippen molar-refractivity contribution in [2.24, 2.45) is 0 Å². The van der Waals surface area contributed by atoms with Crippen molar-refractivity contribution in [1.29, 1.82) is 0 Å². The minimum Gasteiger partial charge on any atom is -0.377 e. The third-order valence-electron chi connectivity index (χ3n) is 12.5. The van der Waals surface area contributed by atoms with E-state index in [9.17, 15) is 0 Å². The van der Waals surface area contributed by atoms with E-state index in [1.165, 1.54) is 115 Å². The van der Waals surface area contributed by atoms with Crippen molar-refractivity contribution in [3.63, 3.8) is 0 Å². The molecule has 0 spiro atoms. The molecule has 0 amide bonds. The molecular formula is C56H37N. The van der Waals surface area contributed by atoms with Crippen LogP contribution in [0.1, 0.15) is 17.5 Å². The second-order valence-corrected chi connectivity index (χ2v) is 15.6. The lowest BCUT2D eigenvalue weighted by atomic mass is 9.84. The summed E-state index contributed by atoms with van der Waals surface area (Å²) in [7, 11) is 0. The van der Waals surface area contributed by atoms with Gasteiger partial charge in [-0.2, -0.15) is 0 Å². The average molecular weight is 724 g/mol. The van der Waals surface area contributed by atoms with E-state index in [1.807, 2.05) is 0 Å². The lowest BCUT2D eigenvalue weighted by Crippen LogP contribution is -2.15. The third-order valence-corrected chi connectivity index (χ3v) is 12.5. The molecule has 0 aromatic heterocycles. The predicted octanol–water partition coefficient (Wildman–Crippen LogP) is 15.1. The van der Waals surface area contributed by atoms with Crippen LogP contribution in [0.2, 0.25) is 0 Å². The Morgan fingerprint density at radius 1 is 0.368 bits per heavy atom. The highest BCUT2D eigenvalue weighted by Gasteiger charge is 2.32. The standard InChI is InChI=1S/C56H37N/c1-2-17-41-35(13-1)14-12-26-42(41)36-27-29-37(30-28-36)53-46-21-6-8-23-48(46)54(49-24-9-7-22-47(49)53)40-16-11-15-38(33-40)39-31-32-52-51(34-39)55-45-20-5-3-18-43(45)44-19-4-10-25-50(44)56(55)57-52/h1-31,33-34,52,57H,32H2. The second-order valence-electron chi connectivity index (χ2n) is 15.6. The van der Waals surface area contributed by atoms with E-state index in [0.29, 0.717) is 0 Å². The maximum atomic E-state index is 3.95. The number of benzene rings is 10. The van der Waals surface area contributed by atoms with Gasteiger partial charge in [-0.3, -0.25) is 0 Å². The van der Waals surface area contributed by atoms with Crippen LogP contribution in [0.3, 0.4) is 0 Å². The van der Waals surface area contributed by atoms with Crippen molar-refractivity contribution in [3.05, 3.63) is 211 Å². The van der Waals surface area contributed by atoms with E-state index in [2.05, 4.69) is 206 Å². The highest BCUT2D eigenvalue weighted by Crippen LogP contribution is 2.50. The highest BCUT2D eigenvalue weighted by molar-refractivity contribution is 6.23. The molecule has 57 heavy (non-hydrogen) atoms. The Bertz CT molecular complexity index is 3280.